The maximum Gasteiger partial charge on any atom is 0.333 e. The van der Waals surface area contributed by atoms with Crippen molar-refractivity contribution in [3.8, 4) is 0 Å². The number of rotatable bonds is 14. The fourth-order valence-electron chi connectivity index (χ4n) is 2.71. The van der Waals surface area contributed by atoms with Gasteiger partial charge in [0.2, 0.25) is 0 Å². The number of esters is 1. The van der Waals surface area contributed by atoms with Crippen LogP contribution in [0.15, 0.2) is 12.2 Å². The molecule has 6 heteroatoms. The first-order valence-electron chi connectivity index (χ1n) is 9.26. The molecule has 0 radical (unpaired) electrons. The number of hydrogen-bond donors (Lipinski definition) is 0. The van der Waals surface area contributed by atoms with Crippen LogP contribution < -0.4 is 0 Å². The van der Waals surface area contributed by atoms with E-state index in [0.717, 1.165) is 31.7 Å². The Morgan fingerprint density at radius 2 is 1.67 bits per heavy atom. The summed E-state index contributed by atoms with van der Waals surface area (Å²) in [5.74, 6) is -0.297. The normalized spacial score (nSPS) is 14.2. The van der Waals surface area contributed by atoms with Crippen LogP contribution in [0.1, 0.15) is 40.0 Å². The third-order valence-corrected chi connectivity index (χ3v) is 12.5. The highest BCUT2D eigenvalue weighted by Crippen LogP contribution is 2.27. The maximum atomic E-state index is 11.4. The quantitative estimate of drug-likeness (QED) is 0.183. The molecule has 0 saturated heterocycles. The van der Waals surface area contributed by atoms with Gasteiger partial charge in [0, 0.05) is 18.8 Å². The van der Waals surface area contributed by atoms with Crippen LogP contribution in [0.25, 0.3) is 0 Å². The summed E-state index contributed by atoms with van der Waals surface area (Å²) >= 11 is 0. The van der Waals surface area contributed by atoms with Gasteiger partial charge in [0.05, 0.1) is 6.61 Å². The number of hydrogen-bond acceptors (Lipinski definition) is 4. The summed E-state index contributed by atoms with van der Waals surface area (Å²) in [5.41, 5.74) is 0.457. The second kappa shape index (κ2) is 12.0. The molecule has 0 fully saturated rings. The lowest BCUT2D eigenvalue weighted by Crippen LogP contribution is -2.47. The van der Waals surface area contributed by atoms with E-state index in [1.165, 1.54) is 18.9 Å². The second-order valence-electron chi connectivity index (χ2n) is 7.38. The number of carbonyl (C=O) groups excluding carboxylic acids is 1. The van der Waals surface area contributed by atoms with Crippen LogP contribution >= 0.6 is 0 Å². The summed E-state index contributed by atoms with van der Waals surface area (Å²) < 4.78 is 17.5. The molecule has 0 aromatic heterocycles. The van der Waals surface area contributed by atoms with E-state index in [1.54, 1.807) is 6.92 Å². The van der Waals surface area contributed by atoms with Gasteiger partial charge in [-0.15, -0.1) is 0 Å². The molecule has 1 atom stereocenters. The first-order chi connectivity index (χ1) is 11.2. The van der Waals surface area contributed by atoms with E-state index in [0.29, 0.717) is 12.2 Å². The van der Waals surface area contributed by atoms with Crippen molar-refractivity contribution in [1.29, 1.82) is 0 Å². The van der Waals surface area contributed by atoms with Gasteiger partial charge in [-0.05, 0) is 58.0 Å². The van der Waals surface area contributed by atoms with Crippen molar-refractivity contribution in [3.05, 3.63) is 12.2 Å². The molecule has 0 aliphatic heterocycles. The van der Waals surface area contributed by atoms with Crippen LogP contribution in [0.2, 0.25) is 37.8 Å². The largest absolute Gasteiger partial charge is 0.462 e. The molecule has 24 heavy (non-hydrogen) atoms. The fourth-order valence-corrected chi connectivity index (χ4v) is 12.2. The molecule has 0 bridgehead atoms. The Kier molecular flexibility index (Phi) is 11.8. The number of carbonyl (C=O) groups is 1. The Balaban J connectivity index is 4.44. The van der Waals surface area contributed by atoms with Crippen molar-refractivity contribution in [1.82, 2.24) is 0 Å². The summed E-state index contributed by atoms with van der Waals surface area (Å²) in [6.45, 7) is 18.5. The van der Waals surface area contributed by atoms with Gasteiger partial charge < -0.3 is 13.6 Å². The molecule has 142 valence electrons. The lowest BCUT2D eigenvalue weighted by molar-refractivity contribution is -0.138. The molecule has 0 rings (SSSR count). The van der Waals surface area contributed by atoms with Crippen LogP contribution in [0.4, 0.5) is 0 Å². The average molecular weight is 375 g/mol. The Labute approximate surface area is 151 Å². The van der Waals surface area contributed by atoms with E-state index in [4.69, 9.17) is 13.6 Å². The van der Waals surface area contributed by atoms with Gasteiger partial charge in [-0.3, -0.25) is 0 Å². The van der Waals surface area contributed by atoms with Crippen molar-refractivity contribution in [2.75, 3.05) is 19.8 Å². The van der Waals surface area contributed by atoms with Gasteiger partial charge in [0.25, 0.3) is 0 Å². The molecular formula is C18H38O4Si2. The van der Waals surface area contributed by atoms with Gasteiger partial charge in [-0.1, -0.05) is 26.3 Å². The molecule has 0 heterocycles. The van der Waals surface area contributed by atoms with Crippen molar-refractivity contribution < 1.29 is 18.4 Å². The number of ether oxygens (including phenoxy) is 2. The fraction of sp³-hybridized carbons (Fsp3) is 0.833. The molecule has 0 aromatic rings. The minimum atomic E-state index is -1.76. The van der Waals surface area contributed by atoms with E-state index in [1.807, 2.05) is 6.92 Å². The minimum absolute atomic E-state index is 0.297. The van der Waals surface area contributed by atoms with Gasteiger partial charge in [0.1, 0.15) is 0 Å². The zero-order valence-corrected chi connectivity index (χ0v) is 18.7. The Morgan fingerprint density at radius 3 is 2.21 bits per heavy atom. The highest BCUT2D eigenvalue weighted by atomic mass is 28.4. The Bertz CT molecular complexity index is 385. The Hall–Kier alpha value is -0.436. The monoisotopic (exact) mass is 374 g/mol. The van der Waals surface area contributed by atoms with E-state index in [2.05, 4.69) is 33.1 Å². The summed E-state index contributed by atoms with van der Waals surface area (Å²) in [5, 5.41) is 0. The molecule has 0 amide bonds. The summed E-state index contributed by atoms with van der Waals surface area (Å²) in [7, 11) is -3.48. The topological polar surface area (TPSA) is 44.8 Å². The predicted octanol–water partition coefficient (Wildman–Crippen LogP) is 5.13. The zero-order valence-electron chi connectivity index (χ0n) is 16.7. The molecule has 0 aliphatic rings. The van der Waals surface area contributed by atoms with E-state index in [9.17, 15) is 4.79 Å². The van der Waals surface area contributed by atoms with Crippen LogP contribution in [0.3, 0.4) is 0 Å². The lowest BCUT2D eigenvalue weighted by Gasteiger charge is -2.36. The third-order valence-electron chi connectivity index (χ3n) is 4.07. The van der Waals surface area contributed by atoms with Crippen molar-refractivity contribution in [2.45, 2.75) is 77.8 Å². The molecule has 0 saturated carbocycles. The summed E-state index contributed by atoms with van der Waals surface area (Å²) in [6, 6.07) is 3.29. The van der Waals surface area contributed by atoms with E-state index < -0.39 is 16.6 Å². The van der Waals surface area contributed by atoms with E-state index >= 15 is 0 Å². The predicted molar refractivity (Wildman–Crippen MR) is 106 cm³/mol. The van der Waals surface area contributed by atoms with E-state index in [-0.39, 0.29) is 5.97 Å². The average Bonchev–Trinajstić information content (AvgIpc) is 2.49. The maximum absolute atomic E-state index is 11.4. The highest BCUT2D eigenvalue weighted by molar-refractivity contribution is 6.85. The van der Waals surface area contributed by atoms with Crippen LogP contribution in [-0.4, -0.2) is 42.4 Å². The van der Waals surface area contributed by atoms with Crippen LogP contribution in [0.5, 0.6) is 0 Å². The van der Waals surface area contributed by atoms with Crippen molar-refractivity contribution in [3.63, 3.8) is 0 Å². The smallest absolute Gasteiger partial charge is 0.333 e. The van der Waals surface area contributed by atoms with Crippen LogP contribution in [-0.2, 0) is 18.4 Å². The summed E-state index contributed by atoms with van der Waals surface area (Å²) in [6.07, 6.45) is 3.30. The highest BCUT2D eigenvalue weighted by Gasteiger charge is 2.35. The lowest BCUT2D eigenvalue weighted by atomic mass is 10.4. The molecule has 0 aliphatic carbocycles. The van der Waals surface area contributed by atoms with Gasteiger partial charge >= 0.3 is 5.97 Å². The van der Waals surface area contributed by atoms with Crippen molar-refractivity contribution in [2.24, 2.45) is 0 Å². The first-order valence-corrected chi connectivity index (χ1v) is 15.2. The van der Waals surface area contributed by atoms with Crippen molar-refractivity contribution >= 4 is 22.6 Å². The SMILES string of the molecule is C=C(C)C(=O)OCCC[Si](C)(C)O[Si](C)(CCCC)CCOCC. The van der Waals surface area contributed by atoms with Gasteiger partial charge in [0.15, 0.2) is 16.6 Å². The molecule has 0 spiro atoms. The Morgan fingerprint density at radius 1 is 1.00 bits per heavy atom. The molecule has 4 nitrogen and oxygen atoms in total. The van der Waals surface area contributed by atoms with Gasteiger partial charge in [-0.25, -0.2) is 4.79 Å². The molecular weight excluding hydrogens is 336 g/mol. The molecule has 0 N–H and O–H groups in total. The third kappa shape index (κ3) is 11.2. The summed E-state index contributed by atoms with van der Waals surface area (Å²) in [4.78, 5) is 11.4. The van der Waals surface area contributed by atoms with Crippen LogP contribution in [0, 0.1) is 0 Å². The molecule has 0 aromatic carbocycles. The van der Waals surface area contributed by atoms with Gasteiger partial charge in [-0.2, -0.15) is 0 Å². The minimum Gasteiger partial charge on any atom is -0.462 e. The standard InChI is InChI=1S/C18H38O4Si2/c1-8-10-15-24(7,16-13-20-9-2)22-23(5,6)14-11-12-21-18(19)17(3)4/h3,8-16H2,1-2,4-7H3. The zero-order chi connectivity index (χ0) is 18.6. The first kappa shape index (κ1) is 23.6. The number of unbranched alkanes of at least 4 members (excludes halogenated alkanes) is 1. The molecule has 1 unspecified atom stereocenters. The second-order valence-corrected chi connectivity index (χ2v) is 16.1.